The number of carbonyl (C=O) groups is 4. The molecule has 0 bridgehead atoms. The van der Waals surface area contributed by atoms with Crippen LogP contribution in [0.3, 0.4) is 0 Å². The highest BCUT2D eigenvalue weighted by Gasteiger charge is 2.70. The zero-order valence-electron chi connectivity index (χ0n) is 32.3. The molecule has 8 atom stereocenters. The van der Waals surface area contributed by atoms with Crippen molar-refractivity contribution >= 4 is 23.6 Å². The number of allylic oxidation sites excluding steroid dienone is 1. The van der Waals surface area contributed by atoms with Crippen LogP contribution in [0.4, 0.5) is 0 Å². The van der Waals surface area contributed by atoms with Crippen LogP contribution >= 0.6 is 0 Å². The lowest BCUT2D eigenvalue weighted by atomic mass is 9.33. The van der Waals surface area contributed by atoms with Gasteiger partial charge in [0.05, 0.1) is 17.4 Å². The third-order valence-corrected chi connectivity index (χ3v) is 15.4. The number of fused-ring (bicyclic) bond motifs is 7. The Morgan fingerprint density at radius 1 is 0.940 bits per heavy atom. The van der Waals surface area contributed by atoms with Crippen molar-refractivity contribution in [2.24, 2.45) is 50.7 Å². The molecule has 0 aromatic heterocycles. The Kier molecular flexibility index (Phi) is 8.87. The first-order chi connectivity index (χ1) is 23.1. The molecule has 5 aliphatic rings. The maximum absolute atomic E-state index is 14.0. The maximum atomic E-state index is 14.0. The van der Waals surface area contributed by atoms with Gasteiger partial charge in [-0.25, -0.2) is 0 Å². The number of amides is 1. The minimum atomic E-state index is -1.17. The number of carboxylic acid groups (broad SMARTS) is 1. The number of hydrogen-bond donors (Lipinski definition) is 2. The van der Waals surface area contributed by atoms with Crippen molar-refractivity contribution in [1.82, 2.24) is 5.32 Å². The average molecular weight is 688 g/mol. The maximum Gasteiger partial charge on any atom is 0.309 e. The number of hydrogen-bond acceptors (Lipinski definition) is 5. The predicted octanol–water partition coefficient (Wildman–Crippen LogP) is 8.87. The molecule has 0 saturated heterocycles. The number of carboxylic acids is 1. The summed E-state index contributed by atoms with van der Waals surface area (Å²) in [6.07, 6.45) is 7.64. The largest absolute Gasteiger partial charge is 0.481 e. The molecule has 6 rings (SSSR count). The van der Waals surface area contributed by atoms with E-state index in [1.165, 1.54) is 5.57 Å². The second-order valence-electron chi connectivity index (χ2n) is 19.3. The Morgan fingerprint density at radius 2 is 1.64 bits per heavy atom. The van der Waals surface area contributed by atoms with Crippen LogP contribution in [0.25, 0.3) is 0 Å². The molecule has 0 radical (unpaired) electrons. The lowest BCUT2D eigenvalue weighted by molar-refractivity contribution is -0.232. The molecule has 1 aromatic rings. The minimum Gasteiger partial charge on any atom is -0.481 e. The number of rotatable bonds is 7. The SMILES string of the molecule is Cc1cccc(C(=O)N[C@@]23CC[C@]4(C)[C@H](CC[C@@H]5[C@@]6(C)CC[C@H](OC(=O)CC(C)(C)C(=O)O)C(C)(C)[C@@H]6CC[C@]54C)C2=C(C(C)C)C(=O)C3)c1. The van der Waals surface area contributed by atoms with E-state index in [0.29, 0.717) is 23.8 Å². The first-order valence-electron chi connectivity index (χ1n) is 19.2. The van der Waals surface area contributed by atoms with Gasteiger partial charge in [-0.1, -0.05) is 66.2 Å². The van der Waals surface area contributed by atoms with Crippen molar-refractivity contribution in [3.8, 4) is 0 Å². The van der Waals surface area contributed by atoms with Crippen LogP contribution in [-0.4, -0.2) is 40.4 Å². The van der Waals surface area contributed by atoms with Crippen LogP contribution in [0.1, 0.15) is 142 Å². The van der Waals surface area contributed by atoms with E-state index in [4.69, 9.17) is 4.74 Å². The Balaban J connectivity index is 1.30. The minimum absolute atomic E-state index is 0.0303. The number of carbonyl (C=O) groups excluding carboxylic acids is 3. The van der Waals surface area contributed by atoms with E-state index in [1.54, 1.807) is 13.8 Å². The Labute approximate surface area is 299 Å². The summed E-state index contributed by atoms with van der Waals surface area (Å²) >= 11 is 0. The molecule has 4 saturated carbocycles. The molecule has 4 fully saturated rings. The van der Waals surface area contributed by atoms with Crippen LogP contribution in [0.2, 0.25) is 0 Å². The highest BCUT2D eigenvalue weighted by Crippen LogP contribution is 2.76. The fourth-order valence-electron chi connectivity index (χ4n) is 12.7. The Morgan fingerprint density at radius 3 is 2.28 bits per heavy atom. The van der Waals surface area contributed by atoms with E-state index < -0.39 is 22.9 Å². The quantitative estimate of drug-likeness (QED) is 0.277. The van der Waals surface area contributed by atoms with Gasteiger partial charge in [0.25, 0.3) is 5.91 Å². The standard InChI is InChI=1S/C43H61NO6/c1-25(2)34-29(45)23-43(44-36(47)27-13-11-12-26(3)22-27)21-20-41(9)28(35(34)43)14-15-31-40(8)18-17-32(50-33(46)24-38(4,5)37(48)49)39(6,7)30(40)16-19-42(31,41)10/h11-13,22,25,28,30-32H,14-21,23-24H2,1-10H3,(H,44,47)(H,48,49)/t28-,30+,31-,32+,40+,41-,42-,43-/m1/s1. The molecule has 7 heteroatoms. The zero-order valence-corrected chi connectivity index (χ0v) is 32.3. The molecule has 2 N–H and O–H groups in total. The van der Waals surface area contributed by atoms with E-state index in [9.17, 15) is 24.3 Å². The third kappa shape index (κ3) is 5.41. The number of nitrogens with one attached hydrogen (secondary N) is 1. The summed E-state index contributed by atoms with van der Waals surface area (Å²) in [4.78, 5) is 52.6. The molecule has 5 aliphatic carbocycles. The molecule has 0 unspecified atom stereocenters. The average Bonchev–Trinajstić information content (AvgIpc) is 3.30. The van der Waals surface area contributed by atoms with Crippen LogP contribution in [-0.2, 0) is 19.1 Å². The van der Waals surface area contributed by atoms with Crippen molar-refractivity contribution in [2.75, 3.05) is 0 Å². The van der Waals surface area contributed by atoms with E-state index in [-0.39, 0.29) is 57.7 Å². The molecule has 50 heavy (non-hydrogen) atoms. The summed E-state index contributed by atoms with van der Waals surface area (Å²) in [6.45, 7) is 21.5. The molecule has 0 aliphatic heterocycles. The van der Waals surface area contributed by atoms with Crippen LogP contribution in [0.5, 0.6) is 0 Å². The lowest BCUT2D eigenvalue weighted by Gasteiger charge is -2.72. The van der Waals surface area contributed by atoms with Gasteiger partial charge in [-0.05, 0) is 135 Å². The summed E-state index contributed by atoms with van der Waals surface area (Å²) < 4.78 is 6.15. The second kappa shape index (κ2) is 12.0. The molecular weight excluding hydrogens is 626 g/mol. The number of ketones is 1. The van der Waals surface area contributed by atoms with Crippen molar-refractivity contribution in [1.29, 1.82) is 0 Å². The van der Waals surface area contributed by atoms with Gasteiger partial charge >= 0.3 is 11.9 Å². The van der Waals surface area contributed by atoms with E-state index in [0.717, 1.165) is 62.5 Å². The number of Topliss-reactive ketones (excluding diaryl/α,β-unsaturated/α-hetero) is 1. The lowest BCUT2D eigenvalue weighted by Crippen LogP contribution is -2.67. The Hall–Kier alpha value is -2.96. The highest BCUT2D eigenvalue weighted by molar-refractivity contribution is 6.03. The number of aryl methyl sites for hydroxylation is 1. The van der Waals surface area contributed by atoms with Gasteiger partial charge in [0.2, 0.25) is 0 Å². The summed E-state index contributed by atoms with van der Waals surface area (Å²) in [7, 11) is 0. The fourth-order valence-corrected chi connectivity index (χ4v) is 12.7. The summed E-state index contributed by atoms with van der Waals surface area (Å²) in [5.41, 5.74) is 1.91. The first kappa shape index (κ1) is 36.8. The van der Waals surface area contributed by atoms with Gasteiger partial charge in [0, 0.05) is 17.4 Å². The van der Waals surface area contributed by atoms with Gasteiger partial charge < -0.3 is 15.2 Å². The van der Waals surface area contributed by atoms with E-state index in [1.807, 2.05) is 31.2 Å². The van der Waals surface area contributed by atoms with Crippen molar-refractivity contribution in [3.63, 3.8) is 0 Å². The number of aliphatic carboxylic acids is 1. The Bertz CT molecular complexity index is 1640. The number of ether oxygens (including phenoxy) is 1. The second-order valence-corrected chi connectivity index (χ2v) is 19.3. The van der Waals surface area contributed by atoms with Gasteiger partial charge in [-0.2, -0.15) is 0 Å². The van der Waals surface area contributed by atoms with Crippen molar-refractivity contribution in [3.05, 3.63) is 46.5 Å². The summed E-state index contributed by atoms with van der Waals surface area (Å²) in [5.74, 6) is -0.146. The third-order valence-electron chi connectivity index (χ3n) is 15.4. The van der Waals surface area contributed by atoms with Crippen LogP contribution < -0.4 is 5.32 Å². The number of esters is 1. The fraction of sp³-hybridized carbons (Fsp3) is 0.721. The van der Waals surface area contributed by atoms with Gasteiger partial charge in [-0.15, -0.1) is 0 Å². The van der Waals surface area contributed by atoms with Gasteiger partial charge in [-0.3, -0.25) is 19.2 Å². The van der Waals surface area contributed by atoms with E-state index in [2.05, 4.69) is 53.8 Å². The topological polar surface area (TPSA) is 110 Å². The van der Waals surface area contributed by atoms with Crippen LogP contribution in [0, 0.1) is 57.7 Å². The molecular formula is C43H61NO6. The molecule has 7 nitrogen and oxygen atoms in total. The zero-order chi connectivity index (χ0) is 36.8. The summed E-state index contributed by atoms with van der Waals surface area (Å²) in [6, 6.07) is 7.73. The van der Waals surface area contributed by atoms with Crippen molar-refractivity contribution < 1.29 is 29.0 Å². The highest BCUT2D eigenvalue weighted by atomic mass is 16.5. The van der Waals surface area contributed by atoms with Gasteiger partial charge in [0.15, 0.2) is 5.78 Å². The smallest absolute Gasteiger partial charge is 0.309 e. The summed E-state index contributed by atoms with van der Waals surface area (Å²) in [5, 5.41) is 13.1. The van der Waals surface area contributed by atoms with E-state index >= 15 is 0 Å². The number of benzene rings is 1. The molecule has 274 valence electrons. The van der Waals surface area contributed by atoms with Crippen molar-refractivity contribution in [2.45, 2.75) is 145 Å². The molecule has 0 heterocycles. The molecule has 1 aromatic carbocycles. The normalized spacial score (nSPS) is 37.7. The molecule has 1 amide bonds. The predicted molar refractivity (Wildman–Crippen MR) is 194 cm³/mol. The van der Waals surface area contributed by atoms with Crippen LogP contribution in [0.15, 0.2) is 35.4 Å². The molecule has 0 spiro atoms. The monoisotopic (exact) mass is 687 g/mol. The van der Waals surface area contributed by atoms with Gasteiger partial charge in [0.1, 0.15) is 6.10 Å². The first-order valence-corrected chi connectivity index (χ1v) is 19.2.